The van der Waals surface area contributed by atoms with Gasteiger partial charge in [0.1, 0.15) is 0 Å². The zero-order chi connectivity index (χ0) is 39.7. The largest absolute Gasteiger partial charge is 0.334 e. The van der Waals surface area contributed by atoms with Gasteiger partial charge in [0.2, 0.25) is 11.8 Å². The summed E-state index contributed by atoms with van der Waals surface area (Å²) in [6, 6.07) is 11.4. The second-order valence-corrected chi connectivity index (χ2v) is 16.5. The average Bonchev–Trinajstić information content (AvgIpc) is 3.56. The van der Waals surface area contributed by atoms with Crippen molar-refractivity contribution >= 4 is 35.3 Å². The number of carbonyl (C=O) groups is 4. The van der Waals surface area contributed by atoms with Gasteiger partial charge in [0.05, 0.1) is 24.5 Å². The molecule has 0 atom stereocenters. The number of amides is 6. The molecule has 2 aliphatic heterocycles. The van der Waals surface area contributed by atoms with Crippen LogP contribution in [0.5, 0.6) is 0 Å². The molecule has 0 saturated carbocycles. The third kappa shape index (κ3) is 9.91. The smallest absolute Gasteiger partial charge is 0.317 e. The standard InChI is InChI=1S/C41H54N10O4/c1-26-17-50(46-28(26)3)19-34-9-32(11-36(13-34)44-30(5)52)15-42-38(54)48-22-40(7)21-41(8,23-48)25-49(24-40)39(55)43-16-33-10-35(14-37(12-33)45-31(6)53)20-51-18-27(2)29(4)47-51/h9-14,17-18H,15-16,19-25H2,1-8H3,(H,42,54)(H,43,55)(H,44,52)(H,45,53). The van der Waals surface area contributed by atoms with Gasteiger partial charge in [-0.3, -0.25) is 19.0 Å². The van der Waals surface area contributed by atoms with E-state index in [4.69, 9.17) is 0 Å². The summed E-state index contributed by atoms with van der Waals surface area (Å²) in [4.78, 5) is 55.0. The van der Waals surface area contributed by atoms with Crippen LogP contribution in [-0.4, -0.2) is 79.4 Å². The molecule has 6 amide bonds. The Morgan fingerprint density at radius 3 is 1.29 bits per heavy atom. The molecular weight excluding hydrogens is 697 g/mol. The molecule has 14 nitrogen and oxygen atoms in total. The number of piperidine rings is 2. The van der Waals surface area contributed by atoms with Gasteiger partial charge in [-0.05, 0) is 91.8 Å². The molecule has 0 spiro atoms. The molecule has 6 rings (SSSR count). The van der Waals surface area contributed by atoms with Crippen LogP contribution >= 0.6 is 0 Å². The van der Waals surface area contributed by atoms with E-state index in [1.54, 1.807) is 0 Å². The number of hydrogen-bond donors (Lipinski definition) is 4. The summed E-state index contributed by atoms with van der Waals surface area (Å²) in [6.07, 6.45) is 4.89. The number of aryl methyl sites for hydroxylation is 4. The summed E-state index contributed by atoms with van der Waals surface area (Å²) in [5.74, 6) is -0.336. The van der Waals surface area contributed by atoms with Crippen molar-refractivity contribution in [2.75, 3.05) is 36.8 Å². The Bertz CT molecular complexity index is 1920. The average molecular weight is 751 g/mol. The van der Waals surface area contributed by atoms with E-state index in [9.17, 15) is 19.2 Å². The minimum absolute atomic E-state index is 0.157. The number of urea groups is 2. The fourth-order valence-corrected chi connectivity index (χ4v) is 8.41. The number of aromatic nitrogens is 4. The summed E-state index contributed by atoms with van der Waals surface area (Å²) in [7, 11) is 0. The number of anilines is 2. The van der Waals surface area contributed by atoms with Gasteiger partial charge in [-0.1, -0.05) is 26.0 Å². The summed E-state index contributed by atoms with van der Waals surface area (Å²) in [5, 5.41) is 21.2. The SMILES string of the molecule is CC(=O)Nc1cc(CNC(=O)N2CC3(C)CN(C(=O)NCc4cc(Cn5cc(C)c(C)n5)cc(NC(C)=O)c4)CC(C)(C2)C3)cc(Cn2cc(C)c(C)n2)c1. The topological polar surface area (TPSA) is 159 Å². The van der Waals surface area contributed by atoms with Gasteiger partial charge in [0, 0.05) is 87.7 Å². The lowest BCUT2D eigenvalue weighted by atomic mass is 9.65. The van der Waals surface area contributed by atoms with Gasteiger partial charge in [0.25, 0.3) is 0 Å². The van der Waals surface area contributed by atoms with Crippen molar-refractivity contribution in [1.82, 2.24) is 40.0 Å². The first-order chi connectivity index (χ1) is 25.9. The van der Waals surface area contributed by atoms with Crippen molar-refractivity contribution in [3.05, 3.63) is 93.6 Å². The Labute approximate surface area is 323 Å². The van der Waals surface area contributed by atoms with Crippen LogP contribution in [0, 0.1) is 38.5 Å². The highest BCUT2D eigenvalue weighted by molar-refractivity contribution is 5.89. The van der Waals surface area contributed by atoms with E-state index in [0.717, 1.165) is 51.2 Å². The number of benzene rings is 2. The second kappa shape index (κ2) is 15.6. The van der Waals surface area contributed by atoms with Crippen molar-refractivity contribution in [2.45, 2.75) is 88.0 Å². The maximum atomic E-state index is 13.7. The van der Waals surface area contributed by atoms with E-state index in [1.807, 2.05) is 95.7 Å². The molecule has 2 aromatic carbocycles. The van der Waals surface area contributed by atoms with E-state index < -0.39 is 0 Å². The maximum absolute atomic E-state index is 13.7. The molecule has 2 aliphatic rings. The molecule has 4 aromatic rings. The van der Waals surface area contributed by atoms with E-state index >= 15 is 0 Å². The highest BCUT2D eigenvalue weighted by Gasteiger charge is 2.50. The predicted molar refractivity (Wildman–Crippen MR) is 212 cm³/mol. The number of likely N-dealkylation sites (tertiary alicyclic amines) is 2. The van der Waals surface area contributed by atoms with Gasteiger partial charge >= 0.3 is 12.1 Å². The van der Waals surface area contributed by atoms with Crippen molar-refractivity contribution in [1.29, 1.82) is 0 Å². The number of nitrogens with zero attached hydrogens (tertiary/aromatic N) is 6. The Morgan fingerprint density at radius 2 is 0.964 bits per heavy atom. The number of rotatable bonds is 10. The molecule has 0 aliphatic carbocycles. The monoisotopic (exact) mass is 750 g/mol. The fraction of sp³-hybridized carbons (Fsp3) is 0.463. The first kappa shape index (κ1) is 39.0. The lowest BCUT2D eigenvalue weighted by Crippen LogP contribution is -2.65. The van der Waals surface area contributed by atoms with Crippen molar-refractivity contribution in [3.63, 3.8) is 0 Å². The van der Waals surface area contributed by atoms with Crippen LogP contribution in [0.3, 0.4) is 0 Å². The molecule has 2 fully saturated rings. The summed E-state index contributed by atoms with van der Waals surface area (Å²) < 4.78 is 3.76. The first-order valence-corrected chi connectivity index (χ1v) is 18.8. The third-order valence-corrected chi connectivity index (χ3v) is 10.4. The minimum Gasteiger partial charge on any atom is -0.334 e. The van der Waals surface area contributed by atoms with Gasteiger partial charge in [-0.25, -0.2) is 9.59 Å². The zero-order valence-electron chi connectivity index (χ0n) is 33.3. The molecule has 0 unspecified atom stereocenters. The van der Waals surface area contributed by atoms with Gasteiger partial charge < -0.3 is 31.1 Å². The Balaban J connectivity index is 1.08. The van der Waals surface area contributed by atoms with E-state index in [2.05, 4.69) is 45.3 Å². The quantitative estimate of drug-likeness (QED) is 0.168. The lowest BCUT2D eigenvalue weighted by molar-refractivity contribution is -0.115. The molecule has 4 heterocycles. The van der Waals surface area contributed by atoms with Gasteiger partial charge in [-0.15, -0.1) is 0 Å². The molecule has 14 heteroatoms. The number of carbonyl (C=O) groups excluding carboxylic acids is 4. The molecule has 55 heavy (non-hydrogen) atoms. The van der Waals surface area contributed by atoms with Crippen LogP contribution in [0.2, 0.25) is 0 Å². The number of hydrogen-bond acceptors (Lipinski definition) is 6. The Morgan fingerprint density at radius 1 is 0.600 bits per heavy atom. The fourth-order valence-electron chi connectivity index (χ4n) is 8.41. The van der Waals surface area contributed by atoms with E-state index in [0.29, 0.717) is 63.7 Å². The lowest BCUT2D eigenvalue weighted by Gasteiger charge is -2.56. The van der Waals surface area contributed by atoms with Crippen molar-refractivity contribution in [3.8, 4) is 0 Å². The normalized spacial score (nSPS) is 19.2. The zero-order valence-corrected chi connectivity index (χ0v) is 33.3. The van der Waals surface area contributed by atoms with Crippen LogP contribution < -0.4 is 21.3 Å². The molecule has 0 radical (unpaired) electrons. The predicted octanol–water partition coefficient (Wildman–Crippen LogP) is 5.48. The van der Waals surface area contributed by atoms with Crippen LogP contribution in [0.4, 0.5) is 21.0 Å². The van der Waals surface area contributed by atoms with Crippen molar-refractivity contribution < 1.29 is 19.2 Å². The van der Waals surface area contributed by atoms with E-state index in [-0.39, 0.29) is 34.7 Å². The second-order valence-electron chi connectivity index (χ2n) is 16.5. The van der Waals surface area contributed by atoms with Crippen LogP contribution in [-0.2, 0) is 35.8 Å². The third-order valence-electron chi connectivity index (χ3n) is 10.4. The highest BCUT2D eigenvalue weighted by Crippen LogP contribution is 2.45. The van der Waals surface area contributed by atoms with Crippen LogP contribution in [0.25, 0.3) is 0 Å². The first-order valence-electron chi connectivity index (χ1n) is 18.8. The summed E-state index contributed by atoms with van der Waals surface area (Å²) in [5.41, 5.74) is 8.56. The van der Waals surface area contributed by atoms with Crippen molar-refractivity contribution in [2.24, 2.45) is 10.8 Å². The Kier molecular flexibility index (Phi) is 11.1. The summed E-state index contributed by atoms with van der Waals surface area (Å²) in [6.45, 7) is 19.0. The van der Waals surface area contributed by atoms with Gasteiger partial charge in [0.15, 0.2) is 0 Å². The molecular formula is C41H54N10O4. The number of nitrogens with one attached hydrogen (secondary N) is 4. The molecule has 4 N–H and O–H groups in total. The maximum Gasteiger partial charge on any atom is 0.317 e. The highest BCUT2D eigenvalue weighted by atomic mass is 16.2. The van der Waals surface area contributed by atoms with E-state index in [1.165, 1.54) is 13.8 Å². The van der Waals surface area contributed by atoms with Gasteiger partial charge in [-0.2, -0.15) is 10.2 Å². The molecule has 292 valence electrons. The van der Waals surface area contributed by atoms with Crippen LogP contribution in [0.15, 0.2) is 48.8 Å². The van der Waals surface area contributed by atoms with Crippen LogP contribution in [0.1, 0.15) is 78.9 Å². The Hall–Kier alpha value is -5.66. The number of fused-ring (bicyclic) bond motifs is 2. The molecule has 2 aromatic heterocycles. The minimum atomic E-state index is -0.295. The molecule has 2 bridgehead atoms. The summed E-state index contributed by atoms with van der Waals surface area (Å²) >= 11 is 0. The molecule has 2 saturated heterocycles.